The molecule has 0 aliphatic heterocycles. The molecule has 4 rings (SSSR count). The van der Waals surface area contributed by atoms with Gasteiger partial charge in [0.05, 0.1) is 5.69 Å². The zero-order chi connectivity index (χ0) is 17.2. The molecule has 7 heteroatoms. The number of aromatic nitrogens is 3. The van der Waals surface area contributed by atoms with E-state index in [4.69, 9.17) is 0 Å². The van der Waals surface area contributed by atoms with Gasteiger partial charge in [0.15, 0.2) is 4.96 Å². The number of benzene rings is 1. The van der Waals surface area contributed by atoms with Gasteiger partial charge in [-0.3, -0.25) is 14.0 Å². The molecule has 0 aliphatic carbocycles. The van der Waals surface area contributed by atoms with Crippen molar-refractivity contribution < 1.29 is 4.79 Å². The van der Waals surface area contributed by atoms with Crippen molar-refractivity contribution in [1.82, 2.24) is 14.4 Å². The van der Waals surface area contributed by atoms with Crippen LogP contribution in [0.3, 0.4) is 0 Å². The fourth-order valence-electron chi connectivity index (χ4n) is 2.48. The van der Waals surface area contributed by atoms with Gasteiger partial charge in [0.25, 0.3) is 11.5 Å². The van der Waals surface area contributed by atoms with E-state index in [9.17, 15) is 9.59 Å². The highest BCUT2D eigenvalue weighted by molar-refractivity contribution is 7.15. The van der Waals surface area contributed by atoms with E-state index in [-0.39, 0.29) is 5.56 Å². The number of hydrogen-bond acceptors (Lipinski definition) is 5. The summed E-state index contributed by atoms with van der Waals surface area (Å²) in [5, 5.41) is 4.48. The van der Waals surface area contributed by atoms with Crippen molar-refractivity contribution >= 4 is 28.0 Å². The molecule has 0 spiro atoms. The van der Waals surface area contributed by atoms with Gasteiger partial charge >= 0.3 is 0 Å². The van der Waals surface area contributed by atoms with Crippen LogP contribution in [0.1, 0.15) is 10.4 Å². The largest absolute Gasteiger partial charge is 0.306 e. The van der Waals surface area contributed by atoms with Gasteiger partial charge in [-0.05, 0) is 17.7 Å². The lowest BCUT2D eigenvalue weighted by Gasteiger charge is -2.05. The van der Waals surface area contributed by atoms with Crippen LogP contribution >= 0.6 is 11.3 Å². The van der Waals surface area contributed by atoms with Crippen LogP contribution in [-0.2, 0) is 0 Å². The predicted molar refractivity (Wildman–Crippen MR) is 97.0 cm³/mol. The molecule has 0 unspecified atom stereocenters. The highest BCUT2D eigenvalue weighted by atomic mass is 32.1. The Morgan fingerprint density at radius 2 is 1.84 bits per heavy atom. The molecule has 0 saturated carbocycles. The lowest BCUT2D eigenvalue weighted by molar-refractivity contribution is 0.102. The van der Waals surface area contributed by atoms with Gasteiger partial charge in [-0.25, -0.2) is 9.97 Å². The van der Waals surface area contributed by atoms with Crippen LogP contribution in [0.4, 0.5) is 5.82 Å². The highest BCUT2D eigenvalue weighted by Gasteiger charge is 2.17. The number of pyridine rings is 1. The van der Waals surface area contributed by atoms with Crippen LogP contribution in [0, 0.1) is 0 Å². The normalized spacial score (nSPS) is 10.7. The van der Waals surface area contributed by atoms with Gasteiger partial charge in [0.1, 0.15) is 11.4 Å². The zero-order valence-electron chi connectivity index (χ0n) is 12.9. The molecule has 1 aromatic carbocycles. The summed E-state index contributed by atoms with van der Waals surface area (Å²) in [4.78, 5) is 34.1. The Hall–Kier alpha value is -3.32. The summed E-state index contributed by atoms with van der Waals surface area (Å²) in [5.74, 6) is -0.151. The van der Waals surface area contributed by atoms with Gasteiger partial charge < -0.3 is 5.32 Å². The maximum absolute atomic E-state index is 12.9. The third-order valence-corrected chi connectivity index (χ3v) is 4.51. The van der Waals surface area contributed by atoms with Gasteiger partial charge in [0, 0.05) is 17.8 Å². The van der Waals surface area contributed by atoms with Crippen molar-refractivity contribution in [2.24, 2.45) is 0 Å². The summed E-state index contributed by atoms with van der Waals surface area (Å²) >= 11 is 1.36. The molecular weight excluding hydrogens is 336 g/mol. The highest BCUT2D eigenvalue weighted by Crippen LogP contribution is 2.23. The Kier molecular flexibility index (Phi) is 3.83. The summed E-state index contributed by atoms with van der Waals surface area (Å²) in [6, 6.07) is 14.7. The average molecular weight is 348 g/mol. The third kappa shape index (κ3) is 2.81. The van der Waals surface area contributed by atoms with E-state index in [2.05, 4.69) is 15.3 Å². The van der Waals surface area contributed by atoms with E-state index in [1.165, 1.54) is 21.9 Å². The standard InChI is InChI=1S/C18H12N4O2S/c23-16(21-15-8-4-5-9-19-15)13-10-20-18-22(17(13)24)14(11-25-18)12-6-2-1-3-7-12/h1-11H,(H,19,21,23). The number of anilines is 1. The molecule has 25 heavy (non-hydrogen) atoms. The molecule has 1 N–H and O–H groups in total. The van der Waals surface area contributed by atoms with Crippen LogP contribution in [0.2, 0.25) is 0 Å². The predicted octanol–water partition coefficient (Wildman–Crippen LogP) is 3.07. The summed E-state index contributed by atoms with van der Waals surface area (Å²) < 4.78 is 1.47. The lowest BCUT2D eigenvalue weighted by atomic mass is 10.2. The molecule has 0 bridgehead atoms. The van der Waals surface area contributed by atoms with E-state index in [1.54, 1.807) is 24.4 Å². The minimum absolute atomic E-state index is 0.0289. The first-order chi connectivity index (χ1) is 12.2. The SMILES string of the molecule is O=C(Nc1ccccn1)c1cnc2scc(-c3ccccc3)n2c1=O. The van der Waals surface area contributed by atoms with Crippen molar-refractivity contribution in [3.8, 4) is 11.3 Å². The fraction of sp³-hybridized carbons (Fsp3) is 0. The molecule has 4 aromatic rings. The minimum Gasteiger partial charge on any atom is -0.306 e. The van der Waals surface area contributed by atoms with Gasteiger partial charge in [-0.15, -0.1) is 11.3 Å². The van der Waals surface area contributed by atoms with Crippen molar-refractivity contribution in [3.63, 3.8) is 0 Å². The Morgan fingerprint density at radius 3 is 2.60 bits per heavy atom. The van der Waals surface area contributed by atoms with Crippen LogP contribution < -0.4 is 10.9 Å². The van der Waals surface area contributed by atoms with Crippen molar-refractivity contribution in [2.45, 2.75) is 0 Å². The van der Waals surface area contributed by atoms with Gasteiger partial charge in [0.2, 0.25) is 0 Å². The van der Waals surface area contributed by atoms with E-state index in [0.717, 1.165) is 5.56 Å². The smallest absolute Gasteiger partial charge is 0.271 e. The van der Waals surface area contributed by atoms with Crippen LogP contribution in [0.15, 0.2) is 71.1 Å². The molecule has 0 saturated heterocycles. The molecule has 122 valence electrons. The van der Waals surface area contributed by atoms with Crippen molar-refractivity contribution in [1.29, 1.82) is 0 Å². The second kappa shape index (κ2) is 6.29. The molecule has 0 radical (unpaired) electrons. The molecule has 6 nitrogen and oxygen atoms in total. The number of thiazole rings is 1. The number of nitrogens with one attached hydrogen (secondary N) is 1. The number of nitrogens with zero attached hydrogens (tertiary/aromatic N) is 3. The van der Waals surface area contributed by atoms with Crippen LogP contribution in [-0.4, -0.2) is 20.3 Å². The molecule has 0 aliphatic rings. The molecule has 1 amide bonds. The quantitative estimate of drug-likeness (QED) is 0.617. The molecule has 3 aromatic heterocycles. The number of hydrogen-bond donors (Lipinski definition) is 1. The number of carbonyl (C=O) groups is 1. The summed E-state index contributed by atoms with van der Waals surface area (Å²) in [7, 11) is 0. The van der Waals surface area contributed by atoms with Crippen molar-refractivity contribution in [2.75, 3.05) is 5.32 Å². The van der Waals surface area contributed by atoms with E-state index in [0.29, 0.717) is 16.5 Å². The van der Waals surface area contributed by atoms with E-state index < -0.39 is 11.5 Å². The summed E-state index contributed by atoms with van der Waals surface area (Å²) in [6.45, 7) is 0. The number of fused-ring (bicyclic) bond motifs is 1. The van der Waals surface area contributed by atoms with Crippen molar-refractivity contribution in [3.05, 3.63) is 82.2 Å². The number of amides is 1. The molecule has 0 atom stereocenters. The Bertz CT molecular complexity index is 1100. The first-order valence-corrected chi connectivity index (χ1v) is 8.39. The number of carbonyl (C=O) groups excluding carboxylic acids is 1. The number of rotatable bonds is 3. The molecule has 0 fully saturated rings. The van der Waals surface area contributed by atoms with Gasteiger partial charge in [-0.2, -0.15) is 0 Å². The maximum atomic E-state index is 12.9. The summed E-state index contributed by atoms with van der Waals surface area (Å²) in [6.07, 6.45) is 2.87. The Morgan fingerprint density at radius 1 is 1.04 bits per heavy atom. The second-order valence-corrected chi connectivity index (χ2v) is 6.09. The average Bonchev–Trinajstić information content (AvgIpc) is 3.08. The molecular formula is C18H12N4O2S. The van der Waals surface area contributed by atoms with E-state index in [1.807, 2.05) is 35.7 Å². The van der Waals surface area contributed by atoms with Crippen LogP contribution in [0.25, 0.3) is 16.2 Å². The topological polar surface area (TPSA) is 76.4 Å². The Balaban J connectivity index is 1.80. The molecule has 3 heterocycles. The first-order valence-electron chi connectivity index (χ1n) is 7.51. The third-order valence-electron chi connectivity index (χ3n) is 3.67. The monoisotopic (exact) mass is 348 g/mol. The first kappa shape index (κ1) is 15.2. The lowest BCUT2D eigenvalue weighted by Crippen LogP contribution is -2.26. The fourth-order valence-corrected chi connectivity index (χ4v) is 3.34. The van der Waals surface area contributed by atoms with Gasteiger partial charge in [-0.1, -0.05) is 36.4 Å². The van der Waals surface area contributed by atoms with E-state index >= 15 is 0 Å². The minimum atomic E-state index is -0.532. The zero-order valence-corrected chi connectivity index (χ0v) is 13.7. The second-order valence-electron chi connectivity index (χ2n) is 5.25. The maximum Gasteiger partial charge on any atom is 0.271 e. The Labute approximate surface area is 146 Å². The summed E-state index contributed by atoms with van der Waals surface area (Å²) in [5.41, 5.74) is 1.17. The van der Waals surface area contributed by atoms with Crippen LogP contribution in [0.5, 0.6) is 0 Å².